The van der Waals surface area contributed by atoms with Gasteiger partial charge in [0.15, 0.2) is 0 Å². The fourth-order valence-electron chi connectivity index (χ4n) is 1.73. The molecule has 0 aromatic carbocycles. The number of unbranched alkanes of at least 4 members (excludes halogenated alkanes) is 1. The van der Waals surface area contributed by atoms with Crippen molar-refractivity contribution in [3.63, 3.8) is 0 Å². The predicted molar refractivity (Wildman–Crippen MR) is 67.2 cm³/mol. The van der Waals surface area contributed by atoms with E-state index in [1.54, 1.807) is 0 Å². The van der Waals surface area contributed by atoms with Gasteiger partial charge in [-0.05, 0) is 44.2 Å². The van der Waals surface area contributed by atoms with Crippen molar-refractivity contribution in [1.29, 1.82) is 0 Å². The van der Waals surface area contributed by atoms with Crippen molar-refractivity contribution in [1.82, 2.24) is 10.6 Å². The van der Waals surface area contributed by atoms with Crippen LogP contribution in [-0.4, -0.2) is 26.2 Å². The van der Waals surface area contributed by atoms with Crippen LogP contribution in [-0.2, 0) is 0 Å². The summed E-state index contributed by atoms with van der Waals surface area (Å²) >= 11 is 0. The smallest absolute Gasteiger partial charge is 0.00768 e. The Hall–Kier alpha value is -0.0800. The molecule has 1 rings (SSSR count). The van der Waals surface area contributed by atoms with Crippen LogP contribution in [0.3, 0.4) is 0 Å². The van der Waals surface area contributed by atoms with Crippen LogP contribution in [0.4, 0.5) is 0 Å². The number of rotatable bonds is 10. The van der Waals surface area contributed by atoms with Gasteiger partial charge in [0, 0.05) is 13.1 Å². The summed E-state index contributed by atoms with van der Waals surface area (Å²) in [6.07, 6.45) is 6.99. The molecule has 0 spiro atoms. The van der Waals surface area contributed by atoms with Gasteiger partial charge in [0.25, 0.3) is 0 Å². The molecule has 2 N–H and O–H groups in total. The Labute approximate surface area is 95.2 Å². The van der Waals surface area contributed by atoms with Gasteiger partial charge in [-0.2, -0.15) is 0 Å². The topological polar surface area (TPSA) is 24.1 Å². The monoisotopic (exact) mass is 212 g/mol. The largest absolute Gasteiger partial charge is 0.315 e. The molecule has 1 fully saturated rings. The van der Waals surface area contributed by atoms with Crippen molar-refractivity contribution >= 4 is 0 Å². The average molecular weight is 212 g/mol. The minimum absolute atomic E-state index is 0.866. The fraction of sp³-hybridized carbons (Fsp3) is 1.00. The van der Waals surface area contributed by atoms with Gasteiger partial charge in [0.2, 0.25) is 0 Å². The van der Waals surface area contributed by atoms with E-state index in [0.29, 0.717) is 0 Å². The summed E-state index contributed by atoms with van der Waals surface area (Å²) in [6, 6.07) is 0. The molecular formula is C13H28N2. The average Bonchev–Trinajstić information content (AvgIpc) is 2.98. The van der Waals surface area contributed by atoms with E-state index in [2.05, 4.69) is 24.5 Å². The maximum atomic E-state index is 3.49. The molecular weight excluding hydrogens is 184 g/mol. The summed E-state index contributed by atoms with van der Waals surface area (Å²) in [7, 11) is 0. The Morgan fingerprint density at radius 1 is 1.00 bits per heavy atom. The molecule has 0 aliphatic heterocycles. The van der Waals surface area contributed by atoms with Crippen molar-refractivity contribution < 1.29 is 0 Å². The van der Waals surface area contributed by atoms with Gasteiger partial charge >= 0.3 is 0 Å². The molecule has 2 heteroatoms. The van der Waals surface area contributed by atoms with Crippen molar-refractivity contribution in [2.45, 2.75) is 46.0 Å². The van der Waals surface area contributed by atoms with Crippen molar-refractivity contribution in [2.24, 2.45) is 11.8 Å². The molecule has 0 unspecified atom stereocenters. The van der Waals surface area contributed by atoms with E-state index in [0.717, 1.165) is 24.9 Å². The van der Waals surface area contributed by atoms with Gasteiger partial charge in [-0.3, -0.25) is 0 Å². The molecule has 0 bridgehead atoms. The van der Waals surface area contributed by atoms with Gasteiger partial charge in [0.05, 0.1) is 0 Å². The predicted octanol–water partition coefficient (Wildman–Crippen LogP) is 2.40. The number of nitrogens with one attached hydrogen (secondary N) is 2. The highest BCUT2D eigenvalue weighted by molar-refractivity contribution is 4.75. The summed E-state index contributed by atoms with van der Waals surface area (Å²) in [5, 5.41) is 6.98. The SMILES string of the molecule is CC(C)CCCCNCCNCC1CC1. The lowest BCUT2D eigenvalue weighted by Gasteiger charge is -2.07. The summed E-state index contributed by atoms with van der Waals surface area (Å²) in [5.74, 6) is 1.88. The molecule has 0 aromatic heterocycles. The van der Waals surface area contributed by atoms with Crippen LogP contribution in [0.25, 0.3) is 0 Å². The molecule has 0 saturated heterocycles. The molecule has 2 nitrogen and oxygen atoms in total. The molecule has 0 aromatic rings. The van der Waals surface area contributed by atoms with Crippen LogP contribution in [0.1, 0.15) is 46.0 Å². The zero-order valence-corrected chi connectivity index (χ0v) is 10.5. The second kappa shape index (κ2) is 8.12. The first kappa shape index (κ1) is 13.0. The van der Waals surface area contributed by atoms with E-state index < -0.39 is 0 Å². The Balaban J connectivity index is 1.65. The van der Waals surface area contributed by atoms with Crippen molar-refractivity contribution in [2.75, 3.05) is 26.2 Å². The number of hydrogen-bond donors (Lipinski definition) is 2. The van der Waals surface area contributed by atoms with Crippen molar-refractivity contribution in [3.05, 3.63) is 0 Å². The molecule has 0 atom stereocenters. The second-order valence-corrected chi connectivity index (χ2v) is 5.29. The third-order valence-corrected chi connectivity index (χ3v) is 2.99. The molecule has 0 heterocycles. The number of hydrogen-bond acceptors (Lipinski definition) is 2. The zero-order chi connectivity index (χ0) is 10.9. The lowest BCUT2D eigenvalue weighted by molar-refractivity contribution is 0.515. The first-order valence-electron chi connectivity index (χ1n) is 6.70. The highest BCUT2D eigenvalue weighted by atomic mass is 14.9. The van der Waals surface area contributed by atoms with E-state index in [1.807, 2.05) is 0 Å². The summed E-state index contributed by atoms with van der Waals surface area (Å²) in [6.45, 7) is 9.31. The minimum Gasteiger partial charge on any atom is -0.315 e. The zero-order valence-electron chi connectivity index (χ0n) is 10.5. The first-order chi connectivity index (χ1) is 7.29. The lowest BCUT2D eigenvalue weighted by atomic mass is 10.1. The maximum Gasteiger partial charge on any atom is 0.00768 e. The van der Waals surface area contributed by atoms with Crippen LogP contribution >= 0.6 is 0 Å². The van der Waals surface area contributed by atoms with E-state index in [9.17, 15) is 0 Å². The summed E-state index contributed by atoms with van der Waals surface area (Å²) < 4.78 is 0. The molecule has 0 radical (unpaired) electrons. The fourth-order valence-corrected chi connectivity index (χ4v) is 1.73. The highest BCUT2D eigenvalue weighted by Gasteiger charge is 2.19. The van der Waals surface area contributed by atoms with Gasteiger partial charge < -0.3 is 10.6 Å². The van der Waals surface area contributed by atoms with Crippen LogP contribution in [0, 0.1) is 11.8 Å². The lowest BCUT2D eigenvalue weighted by Crippen LogP contribution is -2.29. The third-order valence-electron chi connectivity index (χ3n) is 2.99. The van der Waals surface area contributed by atoms with E-state index in [1.165, 1.54) is 45.2 Å². The van der Waals surface area contributed by atoms with Gasteiger partial charge in [-0.1, -0.05) is 26.7 Å². The Kier molecular flexibility index (Phi) is 7.03. The first-order valence-corrected chi connectivity index (χ1v) is 6.70. The highest BCUT2D eigenvalue weighted by Crippen LogP contribution is 2.27. The minimum atomic E-state index is 0.866. The molecule has 1 aliphatic carbocycles. The quantitative estimate of drug-likeness (QED) is 0.543. The third kappa shape index (κ3) is 8.88. The van der Waals surface area contributed by atoms with Crippen LogP contribution in [0.2, 0.25) is 0 Å². The van der Waals surface area contributed by atoms with E-state index in [4.69, 9.17) is 0 Å². The molecule has 1 aliphatic rings. The Morgan fingerprint density at radius 2 is 1.73 bits per heavy atom. The normalized spacial score (nSPS) is 16.2. The summed E-state index contributed by atoms with van der Waals surface area (Å²) in [5.41, 5.74) is 0. The van der Waals surface area contributed by atoms with Gasteiger partial charge in [0.1, 0.15) is 0 Å². The van der Waals surface area contributed by atoms with E-state index >= 15 is 0 Å². The molecule has 15 heavy (non-hydrogen) atoms. The Bertz CT molecular complexity index is 133. The molecule has 90 valence electrons. The van der Waals surface area contributed by atoms with Gasteiger partial charge in [-0.25, -0.2) is 0 Å². The van der Waals surface area contributed by atoms with Crippen molar-refractivity contribution in [3.8, 4) is 0 Å². The maximum absolute atomic E-state index is 3.49. The van der Waals surface area contributed by atoms with Crippen LogP contribution < -0.4 is 10.6 Å². The molecule has 1 saturated carbocycles. The molecule has 0 amide bonds. The standard InChI is InChI=1S/C13H28N2/c1-12(2)5-3-4-8-14-9-10-15-11-13-6-7-13/h12-15H,3-11H2,1-2H3. The van der Waals surface area contributed by atoms with Gasteiger partial charge in [-0.15, -0.1) is 0 Å². The van der Waals surface area contributed by atoms with E-state index in [-0.39, 0.29) is 0 Å². The summed E-state index contributed by atoms with van der Waals surface area (Å²) in [4.78, 5) is 0. The Morgan fingerprint density at radius 3 is 2.40 bits per heavy atom. The second-order valence-electron chi connectivity index (χ2n) is 5.29. The van der Waals surface area contributed by atoms with Crippen LogP contribution in [0.15, 0.2) is 0 Å². The van der Waals surface area contributed by atoms with Crippen LogP contribution in [0.5, 0.6) is 0 Å².